The van der Waals surface area contributed by atoms with Crippen molar-refractivity contribution in [2.24, 2.45) is 0 Å². The summed E-state index contributed by atoms with van der Waals surface area (Å²) < 4.78 is 5.42. The molecule has 2 aromatic carbocycles. The van der Waals surface area contributed by atoms with Crippen LogP contribution in [-0.2, 0) is 9.59 Å². The lowest BCUT2D eigenvalue weighted by Gasteiger charge is -2.14. The van der Waals surface area contributed by atoms with Crippen molar-refractivity contribution < 1.29 is 14.3 Å². The molecule has 0 fully saturated rings. The summed E-state index contributed by atoms with van der Waals surface area (Å²) in [5, 5.41) is 4.34. The van der Waals surface area contributed by atoms with Gasteiger partial charge in [0.05, 0.1) is 5.69 Å². The number of amides is 1. The number of nitrogens with one attached hydrogen (secondary N) is 1. The fourth-order valence-electron chi connectivity index (χ4n) is 1.86. The van der Waals surface area contributed by atoms with Crippen molar-refractivity contribution in [3.8, 4) is 5.75 Å². The Morgan fingerprint density at radius 3 is 2.32 bits per heavy atom. The van der Waals surface area contributed by atoms with Crippen LogP contribution in [0.4, 0.5) is 5.69 Å². The first-order chi connectivity index (χ1) is 10.4. The molecular weight excluding hydrogens is 278 g/mol. The summed E-state index contributed by atoms with van der Waals surface area (Å²) in [5.41, 5.74) is 1.07. The van der Waals surface area contributed by atoms with Gasteiger partial charge in [-0.3, -0.25) is 4.79 Å². The zero-order valence-electron chi connectivity index (χ0n) is 12.6. The molecule has 1 N–H and O–H groups in total. The highest BCUT2D eigenvalue weighted by Crippen LogP contribution is 2.34. The standard InChI is InChI=1S/C18H17NO3/c1-11(2)17(20)19-15-10-9-13-7-5-6-8-14(13)16(15)22-18(21)12(3)4/h5-10H,1,3H2,2,4H3,(H,19,20). The van der Waals surface area contributed by atoms with E-state index < -0.39 is 5.97 Å². The van der Waals surface area contributed by atoms with Gasteiger partial charge in [-0.25, -0.2) is 4.79 Å². The normalized spacial score (nSPS) is 10.1. The molecule has 0 bridgehead atoms. The molecule has 0 saturated heterocycles. The average Bonchev–Trinajstić information content (AvgIpc) is 2.49. The summed E-state index contributed by atoms with van der Waals surface area (Å²) in [4.78, 5) is 23.7. The molecule has 0 aliphatic rings. The van der Waals surface area contributed by atoms with Crippen molar-refractivity contribution in [1.29, 1.82) is 0 Å². The van der Waals surface area contributed by atoms with Gasteiger partial charge in [0.1, 0.15) is 0 Å². The first-order valence-electron chi connectivity index (χ1n) is 6.76. The van der Waals surface area contributed by atoms with Crippen molar-refractivity contribution in [2.75, 3.05) is 5.32 Å². The third-order valence-electron chi connectivity index (χ3n) is 3.06. The van der Waals surface area contributed by atoms with E-state index in [9.17, 15) is 9.59 Å². The van der Waals surface area contributed by atoms with E-state index in [1.54, 1.807) is 19.9 Å². The summed E-state index contributed by atoms with van der Waals surface area (Å²) in [6.45, 7) is 10.3. The van der Waals surface area contributed by atoms with Crippen LogP contribution >= 0.6 is 0 Å². The van der Waals surface area contributed by atoms with Gasteiger partial charge in [-0.2, -0.15) is 0 Å². The monoisotopic (exact) mass is 295 g/mol. The van der Waals surface area contributed by atoms with Crippen molar-refractivity contribution >= 4 is 28.3 Å². The Hall–Kier alpha value is -2.88. The minimum Gasteiger partial charge on any atom is -0.420 e. The molecule has 112 valence electrons. The van der Waals surface area contributed by atoms with E-state index in [0.29, 0.717) is 17.0 Å². The number of benzene rings is 2. The fraction of sp³-hybridized carbons (Fsp3) is 0.111. The molecule has 2 aromatic rings. The molecule has 0 spiro atoms. The lowest BCUT2D eigenvalue weighted by molar-refractivity contribution is -0.130. The Kier molecular flexibility index (Phi) is 4.41. The van der Waals surface area contributed by atoms with Crippen LogP contribution in [0.3, 0.4) is 0 Å². The molecule has 0 heterocycles. The Bertz CT molecular complexity index is 790. The number of rotatable bonds is 4. The highest BCUT2D eigenvalue weighted by molar-refractivity contribution is 6.07. The minimum atomic E-state index is -0.540. The largest absolute Gasteiger partial charge is 0.420 e. The van der Waals surface area contributed by atoms with Crippen molar-refractivity contribution in [2.45, 2.75) is 13.8 Å². The summed E-state index contributed by atoms with van der Waals surface area (Å²) >= 11 is 0. The van der Waals surface area contributed by atoms with E-state index in [1.807, 2.05) is 30.3 Å². The maximum Gasteiger partial charge on any atom is 0.338 e. The number of fused-ring (bicyclic) bond motifs is 1. The minimum absolute atomic E-state index is 0.283. The van der Waals surface area contributed by atoms with E-state index in [0.717, 1.165) is 10.8 Å². The number of hydrogen-bond acceptors (Lipinski definition) is 3. The highest BCUT2D eigenvalue weighted by atomic mass is 16.5. The quantitative estimate of drug-likeness (QED) is 0.530. The molecule has 0 radical (unpaired) electrons. The first-order valence-corrected chi connectivity index (χ1v) is 6.76. The van der Waals surface area contributed by atoms with Crippen LogP contribution in [0.5, 0.6) is 5.75 Å². The van der Waals surface area contributed by atoms with Gasteiger partial charge in [-0.05, 0) is 25.3 Å². The van der Waals surface area contributed by atoms with Gasteiger partial charge in [0.25, 0.3) is 5.91 Å². The molecule has 0 saturated carbocycles. The van der Waals surface area contributed by atoms with Crippen LogP contribution in [0.1, 0.15) is 13.8 Å². The lowest BCUT2D eigenvalue weighted by Crippen LogP contribution is -2.15. The van der Waals surface area contributed by atoms with Crippen LogP contribution in [0.2, 0.25) is 0 Å². The van der Waals surface area contributed by atoms with Crippen LogP contribution in [-0.4, -0.2) is 11.9 Å². The predicted molar refractivity (Wildman–Crippen MR) is 87.8 cm³/mol. The van der Waals surface area contributed by atoms with Crippen molar-refractivity contribution in [1.82, 2.24) is 0 Å². The second-order valence-electron chi connectivity index (χ2n) is 5.07. The molecule has 0 atom stereocenters. The summed E-state index contributed by atoms with van der Waals surface area (Å²) in [6, 6.07) is 11.0. The van der Waals surface area contributed by atoms with Crippen LogP contribution in [0.15, 0.2) is 60.7 Å². The number of carbonyl (C=O) groups is 2. The summed E-state index contributed by atoms with van der Waals surface area (Å²) in [6.07, 6.45) is 0. The Morgan fingerprint density at radius 2 is 1.68 bits per heavy atom. The molecule has 0 unspecified atom stereocenters. The summed E-state index contributed by atoms with van der Waals surface area (Å²) in [7, 11) is 0. The van der Waals surface area contributed by atoms with Gasteiger partial charge < -0.3 is 10.1 Å². The second kappa shape index (κ2) is 6.26. The van der Waals surface area contributed by atoms with E-state index in [2.05, 4.69) is 18.5 Å². The highest BCUT2D eigenvalue weighted by Gasteiger charge is 2.15. The Labute approximate surface area is 129 Å². The van der Waals surface area contributed by atoms with Gasteiger partial charge in [0.15, 0.2) is 5.75 Å². The molecule has 4 heteroatoms. The SMILES string of the molecule is C=C(C)C(=O)Nc1ccc2ccccc2c1OC(=O)C(=C)C. The van der Waals surface area contributed by atoms with E-state index in [-0.39, 0.29) is 11.5 Å². The predicted octanol–water partition coefficient (Wildman–Crippen LogP) is 3.84. The third kappa shape index (κ3) is 3.23. The number of carbonyl (C=O) groups excluding carboxylic acids is 2. The molecule has 2 rings (SSSR count). The van der Waals surface area contributed by atoms with Crippen LogP contribution < -0.4 is 10.1 Å². The zero-order chi connectivity index (χ0) is 16.3. The molecule has 0 aliphatic heterocycles. The number of hydrogen-bond donors (Lipinski definition) is 1. The van der Waals surface area contributed by atoms with E-state index in [4.69, 9.17) is 4.74 Å². The van der Waals surface area contributed by atoms with Gasteiger partial charge in [-0.15, -0.1) is 0 Å². The topological polar surface area (TPSA) is 55.4 Å². The Balaban J connectivity index is 2.54. The molecule has 1 amide bonds. The maximum atomic E-state index is 11.9. The smallest absolute Gasteiger partial charge is 0.338 e. The van der Waals surface area contributed by atoms with E-state index >= 15 is 0 Å². The van der Waals surface area contributed by atoms with Crippen molar-refractivity contribution in [3.05, 3.63) is 60.7 Å². The number of ether oxygens (including phenoxy) is 1. The average molecular weight is 295 g/mol. The van der Waals surface area contributed by atoms with Gasteiger partial charge in [-0.1, -0.05) is 43.5 Å². The second-order valence-corrected chi connectivity index (χ2v) is 5.07. The summed E-state index contributed by atoms with van der Waals surface area (Å²) in [5.74, 6) is -0.564. The van der Waals surface area contributed by atoms with Gasteiger partial charge in [0, 0.05) is 16.5 Å². The zero-order valence-corrected chi connectivity index (χ0v) is 12.6. The molecule has 4 nitrogen and oxygen atoms in total. The number of anilines is 1. The third-order valence-corrected chi connectivity index (χ3v) is 3.06. The van der Waals surface area contributed by atoms with Crippen LogP contribution in [0.25, 0.3) is 10.8 Å². The fourth-order valence-corrected chi connectivity index (χ4v) is 1.86. The maximum absolute atomic E-state index is 11.9. The molecule has 22 heavy (non-hydrogen) atoms. The molecular formula is C18H17NO3. The van der Waals surface area contributed by atoms with E-state index in [1.165, 1.54) is 0 Å². The van der Waals surface area contributed by atoms with Crippen molar-refractivity contribution in [3.63, 3.8) is 0 Å². The Morgan fingerprint density at radius 1 is 1.00 bits per heavy atom. The molecule has 0 aliphatic carbocycles. The molecule has 0 aromatic heterocycles. The van der Waals surface area contributed by atoms with Gasteiger partial charge in [0.2, 0.25) is 0 Å². The van der Waals surface area contributed by atoms with Crippen LogP contribution in [0, 0.1) is 0 Å². The van der Waals surface area contributed by atoms with Gasteiger partial charge >= 0.3 is 5.97 Å². The lowest BCUT2D eigenvalue weighted by atomic mass is 10.1. The number of esters is 1. The first kappa shape index (κ1) is 15.5.